The second-order valence-electron chi connectivity index (χ2n) is 9.07. The third-order valence-electron chi connectivity index (χ3n) is 5.98. The van der Waals surface area contributed by atoms with Gasteiger partial charge in [0.1, 0.15) is 17.0 Å². The van der Waals surface area contributed by atoms with Crippen LogP contribution in [-0.2, 0) is 12.0 Å². The van der Waals surface area contributed by atoms with Crippen LogP contribution in [0.1, 0.15) is 16.8 Å². The van der Waals surface area contributed by atoms with E-state index in [9.17, 15) is 35.5 Å². The molecule has 6 nitrogen and oxygen atoms in total. The highest BCUT2D eigenvalue weighted by atomic mass is 35.5. The van der Waals surface area contributed by atoms with E-state index in [1.165, 1.54) is 42.6 Å². The van der Waals surface area contributed by atoms with Crippen LogP contribution in [0.4, 0.5) is 41.2 Å². The number of aromatic nitrogens is 1. The number of amides is 2. The highest BCUT2D eigenvalue weighted by Crippen LogP contribution is 2.37. The van der Waals surface area contributed by atoms with E-state index in [-0.39, 0.29) is 28.4 Å². The predicted octanol–water partition coefficient (Wildman–Crippen LogP) is 8.18. The van der Waals surface area contributed by atoms with Gasteiger partial charge in [0.25, 0.3) is 0 Å². The molecule has 2 amide bonds. The molecule has 0 spiro atoms. The lowest BCUT2D eigenvalue weighted by Gasteiger charge is -2.35. The van der Waals surface area contributed by atoms with Gasteiger partial charge in [0.05, 0.1) is 10.7 Å². The highest BCUT2D eigenvalue weighted by molar-refractivity contribution is 6.30. The predicted molar refractivity (Wildman–Crippen MR) is 143 cm³/mol. The monoisotopic (exact) mass is 627 g/mol. The van der Waals surface area contributed by atoms with Gasteiger partial charge in [-0.2, -0.15) is 17.6 Å². The van der Waals surface area contributed by atoms with Crippen LogP contribution >= 0.6 is 11.6 Å². The van der Waals surface area contributed by atoms with Crippen molar-refractivity contribution in [1.82, 2.24) is 10.3 Å². The van der Waals surface area contributed by atoms with E-state index in [0.717, 1.165) is 24.3 Å². The van der Waals surface area contributed by atoms with Crippen molar-refractivity contribution in [3.63, 3.8) is 0 Å². The van der Waals surface area contributed by atoms with Crippen molar-refractivity contribution < 1.29 is 45.0 Å². The van der Waals surface area contributed by atoms with Crippen LogP contribution in [0.2, 0.25) is 5.02 Å². The molecule has 0 saturated heterocycles. The number of carbonyl (C=O) groups excluding carboxylic acids is 1. The lowest BCUT2D eigenvalue weighted by molar-refractivity contribution is -0.274. The molecule has 0 radical (unpaired) electrons. The first-order valence-electron chi connectivity index (χ1n) is 12.3. The normalized spacial score (nSPS) is 13.2. The molecule has 43 heavy (non-hydrogen) atoms. The molecule has 0 fully saturated rings. The van der Waals surface area contributed by atoms with E-state index in [0.29, 0.717) is 5.56 Å². The first-order valence-corrected chi connectivity index (χ1v) is 12.7. The Morgan fingerprint density at radius 3 is 2.14 bits per heavy atom. The fraction of sp³-hybridized carbons (Fsp3) is 0.172. The Balaban J connectivity index is 1.77. The smallest absolute Gasteiger partial charge is 0.428 e. The van der Waals surface area contributed by atoms with Crippen molar-refractivity contribution in [2.24, 2.45) is 0 Å². The lowest BCUT2D eigenvalue weighted by atomic mass is 9.80. The van der Waals surface area contributed by atoms with Gasteiger partial charge >= 0.3 is 24.9 Å². The molecule has 0 bridgehead atoms. The molecular formula is C29H21ClF7N3O3. The highest BCUT2D eigenvalue weighted by Gasteiger charge is 2.45. The summed E-state index contributed by atoms with van der Waals surface area (Å²) in [6.07, 6.45) is -12.6. The zero-order valence-corrected chi connectivity index (χ0v) is 22.5. The number of urea groups is 1. The van der Waals surface area contributed by atoms with Gasteiger partial charge in [0.2, 0.25) is 0 Å². The first kappa shape index (κ1) is 31.4. The number of hydrogen-bond acceptors (Lipinski definition) is 4. The second kappa shape index (κ2) is 12.8. The van der Waals surface area contributed by atoms with Gasteiger partial charge in [-0.15, -0.1) is 13.2 Å². The summed E-state index contributed by atoms with van der Waals surface area (Å²) in [5.41, 5.74) is -0.606. The number of hydrogen-bond donors (Lipinski definition) is 2. The number of nitrogens with one attached hydrogen (secondary N) is 2. The standard InChI is InChI=1S/C29H21ClF7N3O3/c30-20-9-14-24(38-17-20)27(16-18-5-2-1-3-6-18,19-7-4-8-23(15-19)42-28(33,34)25(31)32)40-26(41)39-21-10-12-22(13-11-21)43-29(35,36)37/h1-15,17,25H,16H2,(H2,39,40,41)/t27-/m0/s1. The van der Waals surface area contributed by atoms with Crippen molar-refractivity contribution in [2.45, 2.75) is 30.9 Å². The minimum atomic E-state index is -4.91. The van der Waals surface area contributed by atoms with Crippen LogP contribution < -0.4 is 20.1 Å². The molecule has 0 unspecified atom stereocenters. The molecule has 3 aromatic carbocycles. The number of carbonyl (C=O) groups is 1. The largest absolute Gasteiger partial charge is 0.573 e. The molecule has 14 heteroatoms. The zero-order valence-electron chi connectivity index (χ0n) is 21.7. The Hall–Kier alpha value is -4.52. The van der Waals surface area contributed by atoms with Crippen LogP contribution in [0.15, 0.2) is 97.2 Å². The molecule has 2 N–H and O–H groups in total. The summed E-state index contributed by atoms with van der Waals surface area (Å²) in [5.74, 6) is -1.13. The van der Waals surface area contributed by atoms with Crippen molar-refractivity contribution in [1.29, 1.82) is 0 Å². The Bertz CT molecular complexity index is 1520. The van der Waals surface area contributed by atoms with Crippen molar-refractivity contribution >= 4 is 23.3 Å². The second-order valence-corrected chi connectivity index (χ2v) is 9.51. The molecule has 4 aromatic rings. The average molecular weight is 628 g/mol. The SMILES string of the molecule is O=C(Nc1ccc(OC(F)(F)F)cc1)N[C@@](Cc1ccccc1)(c1cccc(OC(F)(F)C(F)F)c1)c1ccc(Cl)cn1. The summed E-state index contributed by atoms with van der Waals surface area (Å²) < 4.78 is 99.1. The summed E-state index contributed by atoms with van der Waals surface area (Å²) in [6, 6.07) is 19.9. The Kier molecular flexibility index (Phi) is 9.34. The van der Waals surface area contributed by atoms with Gasteiger partial charge < -0.3 is 20.1 Å². The maximum absolute atomic E-state index is 13.8. The maximum Gasteiger partial charge on any atom is 0.573 e. The van der Waals surface area contributed by atoms with Crippen LogP contribution in [-0.4, -0.2) is 29.9 Å². The summed E-state index contributed by atoms with van der Waals surface area (Å²) in [6.45, 7) is 0. The molecule has 1 heterocycles. The molecule has 0 saturated carbocycles. The maximum atomic E-state index is 13.8. The third kappa shape index (κ3) is 8.28. The Labute approximate surface area is 245 Å². The Morgan fingerprint density at radius 2 is 1.53 bits per heavy atom. The molecule has 4 rings (SSSR count). The third-order valence-corrected chi connectivity index (χ3v) is 6.21. The minimum absolute atomic E-state index is 0.0249. The van der Waals surface area contributed by atoms with Crippen molar-refractivity contribution in [3.8, 4) is 11.5 Å². The van der Waals surface area contributed by atoms with Gasteiger partial charge in [-0.25, -0.2) is 4.79 Å². The number of benzene rings is 3. The van der Waals surface area contributed by atoms with E-state index in [1.807, 2.05) is 0 Å². The zero-order chi connectivity index (χ0) is 31.3. The van der Waals surface area contributed by atoms with Gasteiger partial charge in [-0.3, -0.25) is 4.98 Å². The van der Waals surface area contributed by atoms with Crippen LogP contribution in [0.25, 0.3) is 0 Å². The molecule has 226 valence electrons. The van der Waals surface area contributed by atoms with Gasteiger partial charge in [0, 0.05) is 18.3 Å². The number of rotatable bonds is 10. The number of ether oxygens (including phenoxy) is 2. The molecular weight excluding hydrogens is 607 g/mol. The molecule has 0 aliphatic rings. The molecule has 0 aliphatic heterocycles. The average Bonchev–Trinajstić information content (AvgIpc) is 2.94. The number of anilines is 1. The molecule has 1 atom stereocenters. The van der Waals surface area contributed by atoms with Crippen LogP contribution in [0.3, 0.4) is 0 Å². The summed E-state index contributed by atoms with van der Waals surface area (Å²) >= 11 is 6.04. The number of pyridine rings is 1. The summed E-state index contributed by atoms with van der Waals surface area (Å²) in [7, 11) is 0. The quantitative estimate of drug-likeness (QED) is 0.174. The van der Waals surface area contributed by atoms with E-state index in [2.05, 4.69) is 25.1 Å². The number of nitrogens with zero attached hydrogens (tertiary/aromatic N) is 1. The minimum Gasteiger partial charge on any atom is -0.428 e. The van der Waals surface area contributed by atoms with E-state index < -0.39 is 42.0 Å². The van der Waals surface area contributed by atoms with Gasteiger partial charge in [-0.05, 0) is 59.7 Å². The van der Waals surface area contributed by atoms with Crippen LogP contribution in [0, 0.1) is 0 Å². The van der Waals surface area contributed by atoms with Crippen LogP contribution in [0.5, 0.6) is 11.5 Å². The summed E-state index contributed by atoms with van der Waals surface area (Å²) in [4.78, 5) is 17.8. The van der Waals surface area contributed by atoms with E-state index in [1.54, 1.807) is 30.3 Å². The van der Waals surface area contributed by atoms with Crippen molar-refractivity contribution in [2.75, 3.05) is 5.32 Å². The topological polar surface area (TPSA) is 72.5 Å². The fourth-order valence-corrected chi connectivity index (χ4v) is 4.29. The van der Waals surface area contributed by atoms with Gasteiger partial charge in [-0.1, -0.05) is 54.1 Å². The molecule has 0 aliphatic carbocycles. The Morgan fingerprint density at radius 1 is 0.837 bits per heavy atom. The lowest BCUT2D eigenvalue weighted by Crippen LogP contribution is -2.50. The van der Waals surface area contributed by atoms with Crippen molar-refractivity contribution in [3.05, 3.63) is 119 Å². The van der Waals surface area contributed by atoms with E-state index >= 15 is 0 Å². The number of halogens is 8. The van der Waals surface area contributed by atoms with E-state index in [4.69, 9.17) is 11.6 Å². The first-order chi connectivity index (χ1) is 20.3. The number of alkyl halides is 7. The van der Waals surface area contributed by atoms with Gasteiger partial charge in [0.15, 0.2) is 0 Å². The fourth-order valence-electron chi connectivity index (χ4n) is 4.17. The summed E-state index contributed by atoms with van der Waals surface area (Å²) in [5, 5.41) is 5.53. The molecule has 1 aromatic heterocycles.